The highest BCUT2D eigenvalue weighted by Gasteiger charge is 2.16. The van der Waals surface area contributed by atoms with Crippen LogP contribution in [0.4, 0.5) is 0 Å². The van der Waals surface area contributed by atoms with Crippen LogP contribution in [-0.2, 0) is 14.4 Å². The summed E-state index contributed by atoms with van der Waals surface area (Å²) in [5.41, 5.74) is 2.66. The van der Waals surface area contributed by atoms with Gasteiger partial charge in [0.05, 0.1) is 6.42 Å². The second-order valence-electron chi connectivity index (χ2n) is 6.86. The lowest BCUT2D eigenvalue weighted by atomic mass is 9.96. The number of nitrogens with one attached hydrogen (secondary N) is 3. The van der Waals surface area contributed by atoms with Crippen LogP contribution in [-0.4, -0.2) is 35.5 Å². The molecule has 1 saturated carbocycles. The van der Waals surface area contributed by atoms with E-state index >= 15 is 0 Å². The van der Waals surface area contributed by atoms with E-state index in [-0.39, 0.29) is 24.4 Å². The summed E-state index contributed by atoms with van der Waals surface area (Å²) in [5.74, 6) is -1.63. The zero-order valence-electron chi connectivity index (χ0n) is 15.7. The van der Waals surface area contributed by atoms with Crippen LogP contribution in [0.2, 0.25) is 0 Å². The van der Waals surface area contributed by atoms with Gasteiger partial charge in [0.15, 0.2) is 0 Å². The Morgan fingerprint density at radius 2 is 1.64 bits per heavy atom. The Morgan fingerprint density at radius 3 is 2.24 bits per heavy atom. The Hall–Kier alpha value is -1.92. The molecule has 25 heavy (non-hydrogen) atoms. The highest BCUT2D eigenvalue weighted by Crippen LogP contribution is 2.17. The first-order chi connectivity index (χ1) is 11.9. The fraction of sp³-hybridized carbons (Fsp3) is 0.778. The lowest BCUT2D eigenvalue weighted by Gasteiger charge is -2.21. The summed E-state index contributed by atoms with van der Waals surface area (Å²) in [6, 6.07) is 0.161. The van der Waals surface area contributed by atoms with E-state index in [1.165, 1.54) is 19.3 Å². The quantitative estimate of drug-likeness (QED) is 0.387. The Balaban J connectivity index is 2.36. The molecule has 0 aromatic carbocycles. The Kier molecular flexibility index (Phi) is 9.80. The number of hydrogen-bond acceptors (Lipinski definition) is 4. The first kappa shape index (κ1) is 21.1. The summed E-state index contributed by atoms with van der Waals surface area (Å²) in [7, 11) is 0. The van der Waals surface area contributed by atoms with Crippen LogP contribution in [0.3, 0.4) is 0 Å². The van der Waals surface area contributed by atoms with Gasteiger partial charge in [-0.1, -0.05) is 39.0 Å². The van der Waals surface area contributed by atoms with Crippen molar-refractivity contribution in [1.82, 2.24) is 16.1 Å². The number of nitrogens with zero attached hydrogens (tertiary/aromatic N) is 1. The Bertz CT molecular complexity index is 483. The largest absolute Gasteiger partial charge is 0.353 e. The maximum Gasteiger partial charge on any atom is 0.329 e. The summed E-state index contributed by atoms with van der Waals surface area (Å²) < 4.78 is 0. The van der Waals surface area contributed by atoms with E-state index in [1.807, 2.05) is 13.8 Å². The van der Waals surface area contributed by atoms with Gasteiger partial charge in [-0.05, 0) is 33.1 Å². The molecule has 0 radical (unpaired) electrons. The molecule has 0 heterocycles. The average molecular weight is 352 g/mol. The third-order valence-electron chi connectivity index (χ3n) is 4.43. The van der Waals surface area contributed by atoms with Crippen molar-refractivity contribution in [2.45, 2.75) is 90.6 Å². The number of hydrazone groups is 1. The SMILES string of the molecule is CCC(C)NC(=O)C(=O)N/N=C(\C)CC(=O)NC1CCCCCCC1. The lowest BCUT2D eigenvalue weighted by Crippen LogP contribution is -2.42. The number of carbonyl (C=O) groups excluding carboxylic acids is 3. The molecule has 1 atom stereocenters. The van der Waals surface area contributed by atoms with Crippen molar-refractivity contribution in [3.63, 3.8) is 0 Å². The van der Waals surface area contributed by atoms with Crippen molar-refractivity contribution in [2.75, 3.05) is 0 Å². The third kappa shape index (κ3) is 9.22. The maximum atomic E-state index is 12.1. The molecule has 0 aromatic heterocycles. The summed E-state index contributed by atoms with van der Waals surface area (Å²) in [4.78, 5) is 35.3. The van der Waals surface area contributed by atoms with Gasteiger partial charge in [0.25, 0.3) is 0 Å². The fourth-order valence-corrected chi connectivity index (χ4v) is 2.74. The summed E-state index contributed by atoms with van der Waals surface area (Å²) in [6.45, 7) is 5.39. The standard InChI is InChI=1S/C18H32N4O3/c1-4-13(2)19-17(24)18(25)22-21-14(3)12-16(23)20-15-10-8-6-5-7-9-11-15/h13,15H,4-12H2,1-3H3,(H,19,24)(H,20,23)(H,22,25)/b21-14+. The van der Waals surface area contributed by atoms with Crippen LogP contribution in [0, 0.1) is 0 Å². The van der Waals surface area contributed by atoms with Crippen molar-refractivity contribution < 1.29 is 14.4 Å². The maximum absolute atomic E-state index is 12.1. The Morgan fingerprint density at radius 1 is 1.04 bits per heavy atom. The molecule has 142 valence electrons. The van der Waals surface area contributed by atoms with E-state index in [1.54, 1.807) is 6.92 Å². The molecule has 3 N–H and O–H groups in total. The van der Waals surface area contributed by atoms with Gasteiger partial charge in [0.2, 0.25) is 5.91 Å². The van der Waals surface area contributed by atoms with E-state index in [0.29, 0.717) is 5.71 Å². The van der Waals surface area contributed by atoms with Gasteiger partial charge in [-0.3, -0.25) is 14.4 Å². The molecular weight excluding hydrogens is 320 g/mol. The summed E-state index contributed by atoms with van der Waals surface area (Å²) >= 11 is 0. The smallest absolute Gasteiger partial charge is 0.329 e. The van der Waals surface area contributed by atoms with Crippen LogP contribution < -0.4 is 16.1 Å². The van der Waals surface area contributed by atoms with Gasteiger partial charge in [-0.25, -0.2) is 5.43 Å². The van der Waals surface area contributed by atoms with Crippen LogP contribution in [0.15, 0.2) is 5.10 Å². The summed E-state index contributed by atoms with van der Waals surface area (Å²) in [5, 5.41) is 9.45. The fourth-order valence-electron chi connectivity index (χ4n) is 2.74. The molecule has 1 aliphatic rings. The predicted molar refractivity (Wildman–Crippen MR) is 98.0 cm³/mol. The van der Waals surface area contributed by atoms with Gasteiger partial charge < -0.3 is 10.6 Å². The topological polar surface area (TPSA) is 99.7 Å². The van der Waals surface area contributed by atoms with Gasteiger partial charge in [-0.15, -0.1) is 0 Å². The minimum Gasteiger partial charge on any atom is -0.353 e. The molecule has 7 nitrogen and oxygen atoms in total. The zero-order valence-corrected chi connectivity index (χ0v) is 15.7. The van der Waals surface area contributed by atoms with Crippen LogP contribution in [0.25, 0.3) is 0 Å². The molecule has 0 aliphatic heterocycles. The predicted octanol–water partition coefficient (Wildman–Crippen LogP) is 2.01. The van der Waals surface area contributed by atoms with Gasteiger partial charge >= 0.3 is 11.8 Å². The van der Waals surface area contributed by atoms with Crippen LogP contribution in [0.5, 0.6) is 0 Å². The highest BCUT2D eigenvalue weighted by molar-refractivity contribution is 6.35. The van der Waals surface area contributed by atoms with E-state index < -0.39 is 11.8 Å². The minimum atomic E-state index is -0.819. The molecule has 3 amide bonds. The van der Waals surface area contributed by atoms with Crippen molar-refractivity contribution in [3.8, 4) is 0 Å². The minimum absolute atomic E-state index is 0.0714. The van der Waals surface area contributed by atoms with Crippen LogP contribution in [0.1, 0.15) is 78.6 Å². The molecule has 7 heteroatoms. The molecule has 1 aliphatic carbocycles. The van der Waals surface area contributed by atoms with E-state index in [0.717, 1.165) is 32.1 Å². The van der Waals surface area contributed by atoms with Crippen molar-refractivity contribution in [2.24, 2.45) is 5.10 Å². The number of hydrogen-bond donors (Lipinski definition) is 3. The second-order valence-corrected chi connectivity index (χ2v) is 6.86. The first-order valence-corrected chi connectivity index (χ1v) is 9.35. The molecule has 0 saturated heterocycles. The molecular formula is C18H32N4O3. The van der Waals surface area contributed by atoms with Crippen molar-refractivity contribution in [1.29, 1.82) is 0 Å². The van der Waals surface area contributed by atoms with E-state index in [9.17, 15) is 14.4 Å². The van der Waals surface area contributed by atoms with Crippen molar-refractivity contribution in [3.05, 3.63) is 0 Å². The average Bonchev–Trinajstić information content (AvgIpc) is 2.54. The van der Waals surface area contributed by atoms with E-state index in [4.69, 9.17) is 0 Å². The van der Waals surface area contributed by atoms with Gasteiger partial charge in [0, 0.05) is 17.8 Å². The van der Waals surface area contributed by atoms with E-state index in [2.05, 4.69) is 21.2 Å². The molecule has 0 aromatic rings. The van der Waals surface area contributed by atoms with Gasteiger partial charge in [-0.2, -0.15) is 5.10 Å². The molecule has 1 fully saturated rings. The third-order valence-corrected chi connectivity index (χ3v) is 4.43. The monoisotopic (exact) mass is 352 g/mol. The zero-order chi connectivity index (χ0) is 18.7. The van der Waals surface area contributed by atoms with Crippen LogP contribution >= 0.6 is 0 Å². The molecule has 1 rings (SSSR count). The highest BCUT2D eigenvalue weighted by atomic mass is 16.2. The first-order valence-electron chi connectivity index (χ1n) is 9.35. The number of carbonyl (C=O) groups is 3. The second kappa shape index (κ2) is 11.6. The Labute approximate surface area is 150 Å². The van der Waals surface area contributed by atoms with Gasteiger partial charge in [0.1, 0.15) is 0 Å². The molecule has 0 bridgehead atoms. The molecule has 0 spiro atoms. The number of amides is 3. The normalized spacial score (nSPS) is 17.8. The number of rotatable bonds is 6. The molecule has 1 unspecified atom stereocenters. The van der Waals surface area contributed by atoms with Crippen molar-refractivity contribution >= 4 is 23.4 Å². The summed E-state index contributed by atoms with van der Waals surface area (Å²) in [6.07, 6.45) is 8.96. The lowest BCUT2D eigenvalue weighted by molar-refractivity contribution is -0.139.